The van der Waals surface area contributed by atoms with Crippen molar-refractivity contribution < 1.29 is 40.2 Å². The molecule has 0 aromatic rings. The van der Waals surface area contributed by atoms with Gasteiger partial charge in [0.15, 0.2) is 0 Å². The molecule has 0 bridgehead atoms. The molecule has 0 aliphatic rings. The Morgan fingerprint density at radius 3 is 0.929 bits per heavy atom. The molecule has 0 spiro atoms. The molecule has 0 amide bonds. The van der Waals surface area contributed by atoms with Crippen molar-refractivity contribution in [2.24, 2.45) is 0 Å². The highest BCUT2D eigenvalue weighted by molar-refractivity contribution is 6.22. The number of hydrogen-bond acceptors (Lipinski definition) is 1. The van der Waals surface area contributed by atoms with Crippen molar-refractivity contribution in [2.75, 3.05) is 0 Å². The molecule has 0 saturated heterocycles. The Morgan fingerprint density at radius 1 is 0.714 bits per heavy atom. The van der Waals surface area contributed by atoms with Crippen LogP contribution in [0.25, 0.3) is 0 Å². The van der Waals surface area contributed by atoms with Gasteiger partial charge in [0, 0.05) is 0 Å². The summed E-state index contributed by atoms with van der Waals surface area (Å²) in [6, 6.07) is 0. The summed E-state index contributed by atoms with van der Waals surface area (Å²) in [4.78, 5) is 0. The molecule has 0 aliphatic heterocycles. The van der Waals surface area contributed by atoms with E-state index in [1.807, 2.05) is 0 Å². The first-order valence-electron chi connectivity index (χ1n) is 2.67. The third-order valence-electron chi connectivity index (χ3n) is 1.23. The first kappa shape index (κ1) is 13.7. The van der Waals surface area contributed by atoms with E-state index >= 15 is 0 Å². The summed E-state index contributed by atoms with van der Waals surface area (Å²) in [6.07, 6.45) is -13.3. The van der Waals surface area contributed by atoms with Crippen LogP contribution in [-0.4, -0.2) is 28.4 Å². The van der Waals surface area contributed by atoms with Crippen molar-refractivity contribution in [3.05, 3.63) is 0 Å². The summed E-state index contributed by atoms with van der Waals surface area (Å²) < 4.78 is 93.0. The van der Waals surface area contributed by atoms with Crippen molar-refractivity contribution in [3.63, 3.8) is 0 Å². The van der Waals surface area contributed by atoms with Crippen LogP contribution in [0.15, 0.2) is 0 Å². The van der Waals surface area contributed by atoms with E-state index in [4.69, 9.17) is 5.11 Å². The van der Waals surface area contributed by atoms with Crippen molar-refractivity contribution in [1.82, 2.24) is 0 Å². The van der Waals surface area contributed by atoms with Crippen LogP contribution in [0.3, 0.4) is 0 Å². The van der Waals surface area contributed by atoms with Gasteiger partial charge in [-0.3, -0.25) is 0 Å². The lowest BCUT2D eigenvalue weighted by Gasteiger charge is -2.34. The van der Waals surface area contributed by atoms with Gasteiger partial charge in [-0.2, -0.15) is 35.1 Å². The number of alkyl halides is 9. The molecule has 0 aromatic heterocycles. The first-order valence-corrected chi connectivity index (χ1v) is 3.05. The Hall–Kier alpha value is -0.310. The van der Waals surface area contributed by atoms with Gasteiger partial charge in [-0.25, -0.2) is 0 Å². The van der Waals surface area contributed by atoms with Crippen molar-refractivity contribution in [2.45, 2.75) is 23.3 Å². The van der Waals surface area contributed by atoms with Gasteiger partial charge in [-0.1, -0.05) is 0 Å². The molecule has 14 heavy (non-hydrogen) atoms. The van der Waals surface area contributed by atoms with Crippen LogP contribution >= 0.6 is 11.6 Å². The van der Waals surface area contributed by atoms with Gasteiger partial charge in [0.2, 0.25) is 0 Å². The van der Waals surface area contributed by atoms with Gasteiger partial charge in [0.05, 0.1) is 0 Å². The van der Waals surface area contributed by atoms with E-state index < -0.39 is 23.3 Å². The number of aliphatic hydroxyl groups is 1. The van der Waals surface area contributed by atoms with E-state index in [2.05, 4.69) is 11.6 Å². The van der Waals surface area contributed by atoms with Crippen molar-refractivity contribution >= 4 is 11.6 Å². The lowest BCUT2D eigenvalue weighted by Crippen LogP contribution is -2.65. The van der Waals surface area contributed by atoms with E-state index in [0.717, 1.165) is 0 Å². The van der Waals surface area contributed by atoms with Gasteiger partial charge >= 0.3 is 23.3 Å². The Kier molecular flexibility index (Phi) is 3.02. The second-order valence-electron chi connectivity index (χ2n) is 2.20. The summed E-state index contributed by atoms with van der Waals surface area (Å²) in [7, 11) is 0. The molecular formula is C4HClF8O. The van der Waals surface area contributed by atoms with E-state index in [1.54, 1.807) is 0 Å². The second-order valence-corrected chi connectivity index (χ2v) is 2.68. The fourth-order valence-corrected chi connectivity index (χ4v) is 0.696. The molecule has 0 rings (SSSR count). The molecule has 0 saturated carbocycles. The normalized spacial score (nSPS) is 15.9. The van der Waals surface area contributed by atoms with Gasteiger partial charge in [0.1, 0.15) is 0 Å². The molecule has 1 nitrogen and oxygen atoms in total. The SMILES string of the molecule is OC(C(F)(F)F)(C(F)(F)F)C(F)(F)Cl. The topological polar surface area (TPSA) is 20.2 Å². The largest absolute Gasteiger partial charge is 0.433 e. The summed E-state index contributed by atoms with van der Waals surface area (Å²) in [6.45, 7) is 0. The maximum absolute atomic E-state index is 11.8. The Labute approximate surface area is 76.3 Å². The number of hydrogen-bond donors (Lipinski definition) is 1. The first-order chi connectivity index (χ1) is 5.75. The minimum atomic E-state index is -6.63. The third-order valence-corrected chi connectivity index (χ3v) is 1.50. The van der Waals surface area contributed by atoms with E-state index in [-0.39, 0.29) is 0 Å². The van der Waals surface area contributed by atoms with Crippen LogP contribution in [0.4, 0.5) is 35.1 Å². The maximum Gasteiger partial charge on any atom is 0.433 e. The van der Waals surface area contributed by atoms with Gasteiger partial charge in [-0.15, -0.1) is 0 Å². The standard InChI is InChI=1S/C4HClF8O/c5-2(6,7)1(14,3(8,9)10)4(11,12)13/h14H. The van der Waals surface area contributed by atoms with Crippen LogP contribution < -0.4 is 0 Å². The summed E-state index contributed by atoms with van der Waals surface area (Å²) in [5, 5.41) is 1.99. The van der Waals surface area contributed by atoms with E-state index in [9.17, 15) is 35.1 Å². The van der Waals surface area contributed by atoms with Crippen LogP contribution in [-0.2, 0) is 0 Å². The average Bonchev–Trinajstić information content (AvgIpc) is 1.77. The van der Waals surface area contributed by atoms with E-state index in [1.165, 1.54) is 0 Å². The molecule has 1 N–H and O–H groups in total. The zero-order valence-corrected chi connectivity index (χ0v) is 6.60. The third kappa shape index (κ3) is 1.88. The molecule has 86 valence electrons. The minimum absolute atomic E-state index is 3.59. The zero-order chi connectivity index (χ0) is 12.0. The summed E-state index contributed by atoms with van der Waals surface area (Å²) in [5.41, 5.74) is -6.26. The highest BCUT2D eigenvalue weighted by Crippen LogP contribution is 2.53. The highest BCUT2D eigenvalue weighted by Gasteiger charge is 2.82. The lowest BCUT2D eigenvalue weighted by atomic mass is 10.0. The molecule has 0 atom stereocenters. The maximum atomic E-state index is 11.8. The Balaban J connectivity index is 5.54. The lowest BCUT2D eigenvalue weighted by molar-refractivity contribution is -0.406. The highest BCUT2D eigenvalue weighted by atomic mass is 35.5. The van der Waals surface area contributed by atoms with Gasteiger partial charge in [0.25, 0.3) is 0 Å². The molecule has 0 aliphatic carbocycles. The second kappa shape index (κ2) is 3.09. The number of halogens is 9. The molecule has 0 radical (unpaired) electrons. The zero-order valence-electron chi connectivity index (χ0n) is 5.85. The predicted molar refractivity (Wildman–Crippen MR) is 27.9 cm³/mol. The molecule has 0 heterocycles. The molecular weight excluding hydrogens is 251 g/mol. The fraction of sp³-hybridized carbons (Fsp3) is 1.00. The fourth-order valence-electron chi connectivity index (χ4n) is 0.482. The van der Waals surface area contributed by atoms with Crippen molar-refractivity contribution in [3.8, 4) is 0 Å². The predicted octanol–water partition coefficient (Wildman–Crippen LogP) is 2.67. The Morgan fingerprint density at radius 2 is 0.929 bits per heavy atom. The minimum Gasteiger partial charge on any atom is -0.368 e. The molecule has 0 unspecified atom stereocenters. The molecule has 0 fully saturated rings. The number of rotatable bonds is 1. The van der Waals surface area contributed by atoms with Crippen LogP contribution in [0.2, 0.25) is 0 Å². The van der Waals surface area contributed by atoms with Crippen LogP contribution in [0, 0.1) is 0 Å². The van der Waals surface area contributed by atoms with Crippen LogP contribution in [0.5, 0.6) is 0 Å². The summed E-state index contributed by atoms with van der Waals surface area (Å²) >= 11 is 3.59. The summed E-state index contributed by atoms with van der Waals surface area (Å²) in [5.74, 6) is 0. The molecule has 10 heteroatoms. The van der Waals surface area contributed by atoms with E-state index in [0.29, 0.717) is 0 Å². The average molecular weight is 252 g/mol. The van der Waals surface area contributed by atoms with Crippen molar-refractivity contribution in [1.29, 1.82) is 0 Å². The van der Waals surface area contributed by atoms with Crippen LogP contribution in [0.1, 0.15) is 0 Å². The monoisotopic (exact) mass is 252 g/mol. The van der Waals surface area contributed by atoms with Gasteiger partial charge in [-0.05, 0) is 11.6 Å². The smallest absolute Gasteiger partial charge is 0.368 e. The Bertz CT molecular complexity index is 175. The quantitative estimate of drug-likeness (QED) is 0.562. The van der Waals surface area contributed by atoms with Gasteiger partial charge < -0.3 is 5.11 Å². The molecule has 0 aromatic carbocycles.